The standard InChI is InChI=1S/C18H21ClFN5O3S/c1-8(16(27)23-18(2,3)4)25(9-5-6-11(20)10(19)7-9)17(28)14-12(21)13(15(22)26)24-29-14/h5-8H,21H2,1-4H3,(H2,22,26)(H,23,27). The summed E-state index contributed by atoms with van der Waals surface area (Å²) in [6, 6.07) is 2.60. The van der Waals surface area contributed by atoms with Crippen molar-refractivity contribution in [3.8, 4) is 0 Å². The molecule has 2 aromatic rings. The Hall–Kier alpha value is -2.72. The van der Waals surface area contributed by atoms with Crippen LogP contribution in [0.5, 0.6) is 0 Å². The van der Waals surface area contributed by atoms with E-state index in [1.165, 1.54) is 19.1 Å². The molecule has 1 atom stereocenters. The Morgan fingerprint density at radius 3 is 2.41 bits per heavy atom. The second kappa shape index (κ2) is 8.34. The zero-order valence-electron chi connectivity index (χ0n) is 16.2. The van der Waals surface area contributed by atoms with Crippen LogP contribution in [0, 0.1) is 5.82 Å². The number of nitrogen functional groups attached to an aromatic ring is 1. The molecule has 3 amide bonds. The zero-order chi connectivity index (χ0) is 22.1. The van der Waals surface area contributed by atoms with Gasteiger partial charge >= 0.3 is 0 Å². The minimum absolute atomic E-state index is 0.0744. The minimum atomic E-state index is -1.01. The van der Waals surface area contributed by atoms with Gasteiger partial charge in [0.25, 0.3) is 11.8 Å². The number of nitrogens with one attached hydrogen (secondary N) is 1. The molecule has 0 spiro atoms. The van der Waals surface area contributed by atoms with Crippen LogP contribution in [0.15, 0.2) is 18.2 Å². The Labute approximate surface area is 176 Å². The molecule has 0 bridgehead atoms. The summed E-state index contributed by atoms with van der Waals surface area (Å²) in [5.41, 5.74) is 10.3. The predicted octanol–water partition coefficient (Wildman–Crippen LogP) is 2.57. The lowest BCUT2D eigenvalue weighted by atomic mass is 10.1. The number of carbonyl (C=O) groups is 3. The number of anilines is 2. The van der Waals surface area contributed by atoms with Crippen LogP contribution >= 0.6 is 23.1 Å². The van der Waals surface area contributed by atoms with Gasteiger partial charge in [-0.3, -0.25) is 19.3 Å². The molecular weight excluding hydrogens is 421 g/mol. The van der Waals surface area contributed by atoms with Gasteiger partial charge in [-0.2, -0.15) is 4.37 Å². The zero-order valence-corrected chi connectivity index (χ0v) is 17.8. The summed E-state index contributed by atoms with van der Waals surface area (Å²) in [5.74, 6) is -2.72. The maximum Gasteiger partial charge on any atom is 0.272 e. The molecule has 1 heterocycles. The van der Waals surface area contributed by atoms with Crippen molar-refractivity contribution in [2.24, 2.45) is 5.73 Å². The maximum absolute atomic E-state index is 13.6. The van der Waals surface area contributed by atoms with Gasteiger partial charge in [-0.05, 0) is 57.4 Å². The number of carbonyl (C=O) groups excluding carboxylic acids is 3. The molecule has 156 valence electrons. The number of benzene rings is 1. The average molecular weight is 442 g/mol. The first-order valence-electron chi connectivity index (χ1n) is 8.49. The number of halogens is 2. The van der Waals surface area contributed by atoms with Gasteiger partial charge in [-0.15, -0.1) is 0 Å². The highest BCUT2D eigenvalue weighted by Gasteiger charge is 2.33. The van der Waals surface area contributed by atoms with Gasteiger partial charge in [0.2, 0.25) is 5.91 Å². The Morgan fingerprint density at radius 1 is 1.31 bits per heavy atom. The summed E-state index contributed by atoms with van der Waals surface area (Å²) in [7, 11) is 0. The molecular formula is C18H21ClFN5O3S. The molecule has 0 aliphatic carbocycles. The van der Waals surface area contributed by atoms with Crippen molar-refractivity contribution in [1.29, 1.82) is 0 Å². The van der Waals surface area contributed by atoms with Crippen LogP contribution in [0.1, 0.15) is 47.9 Å². The highest BCUT2D eigenvalue weighted by atomic mass is 35.5. The molecule has 29 heavy (non-hydrogen) atoms. The quantitative estimate of drug-likeness (QED) is 0.656. The summed E-state index contributed by atoms with van der Waals surface area (Å²) in [6.07, 6.45) is 0. The molecule has 0 aliphatic heterocycles. The van der Waals surface area contributed by atoms with Gasteiger partial charge in [-0.1, -0.05) is 11.6 Å². The Bertz CT molecular complexity index is 973. The number of nitrogens with two attached hydrogens (primary N) is 2. The predicted molar refractivity (Wildman–Crippen MR) is 111 cm³/mol. The monoisotopic (exact) mass is 441 g/mol. The second-order valence-corrected chi connectivity index (χ2v) is 8.51. The SMILES string of the molecule is CC(C(=O)NC(C)(C)C)N(C(=O)c1snc(C(N)=O)c1N)c1ccc(F)c(Cl)c1. The van der Waals surface area contributed by atoms with Gasteiger partial charge in [0.1, 0.15) is 16.7 Å². The van der Waals surface area contributed by atoms with Crippen LogP contribution in [0.4, 0.5) is 15.8 Å². The number of hydrogen-bond acceptors (Lipinski definition) is 6. The van der Waals surface area contributed by atoms with Crippen molar-refractivity contribution in [2.45, 2.75) is 39.3 Å². The van der Waals surface area contributed by atoms with E-state index in [9.17, 15) is 18.8 Å². The molecule has 2 rings (SSSR count). The van der Waals surface area contributed by atoms with Crippen LogP contribution in [-0.4, -0.2) is 33.7 Å². The molecule has 8 nitrogen and oxygen atoms in total. The lowest BCUT2D eigenvalue weighted by molar-refractivity contribution is -0.123. The Balaban J connectivity index is 2.54. The third kappa shape index (κ3) is 5.01. The molecule has 0 saturated carbocycles. The van der Waals surface area contributed by atoms with Gasteiger partial charge in [-0.25, -0.2) is 4.39 Å². The minimum Gasteiger partial charge on any atom is -0.395 e. The smallest absolute Gasteiger partial charge is 0.272 e. The highest BCUT2D eigenvalue weighted by Crippen LogP contribution is 2.30. The molecule has 1 aromatic carbocycles. The van der Waals surface area contributed by atoms with E-state index >= 15 is 0 Å². The van der Waals surface area contributed by atoms with E-state index in [-0.39, 0.29) is 27.0 Å². The lowest BCUT2D eigenvalue weighted by Gasteiger charge is -2.31. The normalized spacial score (nSPS) is 12.3. The molecule has 11 heteroatoms. The molecule has 0 aliphatic rings. The fourth-order valence-electron chi connectivity index (χ4n) is 2.48. The number of nitrogens with zero attached hydrogens (tertiary/aromatic N) is 2. The first-order chi connectivity index (χ1) is 13.3. The van der Waals surface area contributed by atoms with Crippen LogP contribution in [0.3, 0.4) is 0 Å². The fraction of sp³-hybridized carbons (Fsp3) is 0.333. The average Bonchev–Trinajstić information content (AvgIpc) is 2.98. The first-order valence-corrected chi connectivity index (χ1v) is 9.64. The fourth-order valence-corrected chi connectivity index (χ4v) is 3.40. The molecule has 0 saturated heterocycles. The summed E-state index contributed by atoms with van der Waals surface area (Å²) >= 11 is 6.55. The molecule has 0 radical (unpaired) electrons. The molecule has 1 unspecified atom stereocenters. The van der Waals surface area contributed by atoms with Crippen molar-refractivity contribution in [1.82, 2.24) is 9.69 Å². The van der Waals surface area contributed by atoms with Gasteiger partial charge < -0.3 is 16.8 Å². The number of hydrogen-bond donors (Lipinski definition) is 3. The van der Waals surface area contributed by atoms with E-state index in [1.54, 1.807) is 20.8 Å². The summed E-state index contributed by atoms with van der Waals surface area (Å²) in [5, 5.41) is 2.56. The van der Waals surface area contributed by atoms with E-state index in [0.717, 1.165) is 11.0 Å². The van der Waals surface area contributed by atoms with Crippen molar-refractivity contribution >= 4 is 52.2 Å². The Kier molecular flexibility index (Phi) is 6.49. The maximum atomic E-state index is 13.6. The van der Waals surface area contributed by atoms with E-state index < -0.39 is 35.1 Å². The Morgan fingerprint density at radius 2 is 1.93 bits per heavy atom. The number of amides is 3. The topological polar surface area (TPSA) is 131 Å². The van der Waals surface area contributed by atoms with Crippen molar-refractivity contribution in [3.63, 3.8) is 0 Å². The summed E-state index contributed by atoms with van der Waals surface area (Å²) in [6.45, 7) is 6.87. The van der Waals surface area contributed by atoms with Crippen molar-refractivity contribution < 1.29 is 18.8 Å². The second-order valence-electron chi connectivity index (χ2n) is 7.33. The van der Waals surface area contributed by atoms with Gasteiger partial charge in [0, 0.05) is 11.2 Å². The van der Waals surface area contributed by atoms with Crippen molar-refractivity contribution in [3.05, 3.63) is 39.6 Å². The third-order valence-corrected chi connectivity index (χ3v) is 4.96. The van der Waals surface area contributed by atoms with Crippen LogP contribution < -0.4 is 21.7 Å². The van der Waals surface area contributed by atoms with E-state index in [2.05, 4.69) is 9.69 Å². The summed E-state index contributed by atoms with van der Waals surface area (Å²) in [4.78, 5) is 38.4. The molecule has 0 fully saturated rings. The van der Waals surface area contributed by atoms with Crippen LogP contribution in [-0.2, 0) is 4.79 Å². The lowest BCUT2D eigenvalue weighted by Crippen LogP contribution is -2.52. The number of aromatic nitrogens is 1. The largest absolute Gasteiger partial charge is 0.395 e. The van der Waals surface area contributed by atoms with E-state index in [0.29, 0.717) is 11.5 Å². The molecule has 1 aromatic heterocycles. The number of rotatable bonds is 5. The molecule has 5 N–H and O–H groups in total. The third-order valence-electron chi connectivity index (χ3n) is 3.82. The van der Waals surface area contributed by atoms with E-state index in [4.69, 9.17) is 23.1 Å². The van der Waals surface area contributed by atoms with Gasteiger partial charge in [0.15, 0.2) is 5.69 Å². The highest BCUT2D eigenvalue weighted by molar-refractivity contribution is 7.09. The summed E-state index contributed by atoms with van der Waals surface area (Å²) < 4.78 is 17.4. The van der Waals surface area contributed by atoms with E-state index in [1.807, 2.05) is 0 Å². The first kappa shape index (κ1) is 22.6. The van der Waals surface area contributed by atoms with Crippen LogP contribution in [0.25, 0.3) is 0 Å². The van der Waals surface area contributed by atoms with Crippen molar-refractivity contribution in [2.75, 3.05) is 10.6 Å². The van der Waals surface area contributed by atoms with Crippen LogP contribution in [0.2, 0.25) is 5.02 Å². The van der Waals surface area contributed by atoms with Gasteiger partial charge in [0.05, 0.1) is 10.7 Å². The number of primary amides is 1.